The average molecular weight is 500 g/mol. The van der Waals surface area contributed by atoms with Crippen LogP contribution in [0.15, 0.2) is 24.3 Å². The van der Waals surface area contributed by atoms with Gasteiger partial charge in [-0.2, -0.15) is 0 Å². The zero-order valence-electron chi connectivity index (χ0n) is 19.2. The van der Waals surface area contributed by atoms with Gasteiger partial charge in [0.25, 0.3) is 5.91 Å². The van der Waals surface area contributed by atoms with Crippen molar-refractivity contribution in [2.24, 2.45) is 5.73 Å². The number of amides is 2. The normalized spacial score (nSPS) is 12.8. The zero-order chi connectivity index (χ0) is 23.8. The quantitative estimate of drug-likeness (QED) is 0.320. The lowest BCUT2D eigenvalue weighted by molar-refractivity contribution is -0.160. The summed E-state index contributed by atoms with van der Waals surface area (Å²) in [4.78, 5) is 40.3. The molecular weight excluding hydrogens is 466 g/mol. The van der Waals surface area contributed by atoms with Crippen LogP contribution in [0.3, 0.4) is 0 Å². The van der Waals surface area contributed by atoms with Crippen LogP contribution in [0.5, 0.6) is 0 Å². The Morgan fingerprint density at radius 1 is 1.03 bits per heavy atom. The van der Waals surface area contributed by atoms with Gasteiger partial charge in [0.1, 0.15) is 11.2 Å². The van der Waals surface area contributed by atoms with E-state index in [0.29, 0.717) is 18.4 Å². The predicted octanol–water partition coefficient (Wildman–Crippen LogP) is 3.22. The molecule has 0 fully saturated rings. The maximum Gasteiger partial charge on any atom is 0.418 e. The highest BCUT2D eigenvalue weighted by atomic mass is 79.9. The van der Waals surface area contributed by atoms with E-state index in [-0.39, 0.29) is 12.1 Å². The molecule has 1 rings (SSSR count). The van der Waals surface area contributed by atoms with Crippen molar-refractivity contribution >= 4 is 33.9 Å². The number of imide groups is 1. The van der Waals surface area contributed by atoms with E-state index in [2.05, 4.69) is 21.2 Å². The van der Waals surface area contributed by atoms with E-state index in [1.807, 2.05) is 0 Å². The van der Waals surface area contributed by atoms with Crippen LogP contribution in [0.1, 0.15) is 57.5 Å². The number of carbonyl (C=O) groups is 3. The van der Waals surface area contributed by atoms with Crippen molar-refractivity contribution in [3.8, 4) is 0 Å². The third-order valence-electron chi connectivity index (χ3n) is 3.81. The molecule has 0 aliphatic carbocycles. The Balaban J connectivity index is 3.39. The van der Waals surface area contributed by atoms with Gasteiger partial charge in [-0.15, -0.1) is 0 Å². The van der Waals surface area contributed by atoms with E-state index in [1.165, 1.54) is 0 Å². The average Bonchev–Trinajstić information content (AvgIpc) is 2.64. The van der Waals surface area contributed by atoms with Gasteiger partial charge in [-0.3, -0.25) is 4.79 Å². The van der Waals surface area contributed by atoms with Gasteiger partial charge in [0.2, 0.25) is 0 Å². The fourth-order valence-corrected chi connectivity index (χ4v) is 2.90. The van der Waals surface area contributed by atoms with Gasteiger partial charge in [-0.25, -0.2) is 14.5 Å². The number of benzene rings is 1. The van der Waals surface area contributed by atoms with Crippen molar-refractivity contribution < 1.29 is 23.9 Å². The molecule has 1 atom stereocenters. The lowest BCUT2D eigenvalue weighted by Crippen LogP contribution is -2.56. The number of carbonyl (C=O) groups excluding carboxylic acids is 3. The van der Waals surface area contributed by atoms with Gasteiger partial charge in [0, 0.05) is 30.5 Å². The highest BCUT2D eigenvalue weighted by Gasteiger charge is 2.40. The van der Waals surface area contributed by atoms with E-state index in [1.54, 1.807) is 65.8 Å². The molecule has 0 saturated heterocycles. The van der Waals surface area contributed by atoms with E-state index >= 15 is 0 Å². The van der Waals surface area contributed by atoms with E-state index in [0.717, 1.165) is 10.5 Å². The molecule has 0 bridgehead atoms. The fraction of sp³-hybridized carbons (Fsp3) is 0.591. The number of hydrogen-bond donors (Lipinski definition) is 2. The molecule has 1 unspecified atom stereocenters. The largest absolute Gasteiger partial charge is 0.458 e. The van der Waals surface area contributed by atoms with Crippen molar-refractivity contribution in [1.82, 2.24) is 10.2 Å². The first-order valence-electron chi connectivity index (χ1n) is 10.1. The highest BCUT2D eigenvalue weighted by molar-refractivity contribution is 9.08. The molecule has 31 heavy (non-hydrogen) atoms. The molecule has 0 radical (unpaired) electrons. The Hall–Kier alpha value is -1.97. The summed E-state index contributed by atoms with van der Waals surface area (Å²) in [5, 5.41) is 3.62. The summed E-state index contributed by atoms with van der Waals surface area (Å²) in [6, 6.07) is 5.52. The fourth-order valence-electron chi connectivity index (χ4n) is 2.53. The molecule has 2 amide bonds. The number of halogens is 1. The summed E-state index contributed by atoms with van der Waals surface area (Å²) in [6.07, 6.45) is -0.924. The molecule has 0 aromatic heterocycles. The van der Waals surface area contributed by atoms with Crippen LogP contribution in [0.25, 0.3) is 0 Å². The third kappa shape index (κ3) is 9.37. The van der Waals surface area contributed by atoms with Crippen LogP contribution < -0.4 is 11.1 Å². The molecule has 0 aliphatic rings. The number of alkyl halides is 1. The Kier molecular flexibility index (Phi) is 10.1. The molecule has 8 nitrogen and oxygen atoms in total. The third-order valence-corrected chi connectivity index (χ3v) is 4.46. The lowest BCUT2D eigenvalue weighted by atomic mass is 10.1. The Morgan fingerprint density at radius 2 is 1.58 bits per heavy atom. The van der Waals surface area contributed by atoms with Crippen LogP contribution in [0, 0.1) is 0 Å². The molecular formula is C22H34BrN3O5. The van der Waals surface area contributed by atoms with Gasteiger partial charge in [0.05, 0.1) is 0 Å². The van der Waals surface area contributed by atoms with Crippen molar-refractivity contribution in [3.05, 3.63) is 35.4 Å². The van der Waals surface area contributed by atoms with Crippen molar-refractivity contribution in [3.63, 3.8) is 0 Å². The van der Waals surface area contributed by atoms with Crippen LogP contribution >= 0.6 is 15.9 Å². The zero-order valence-corrected chi connectivity index (χ0v) is 20.7. The molecule has 0 heterocycles. The molecule has 1 aromatic carbocycles. The van der Waals surface area contributed by atoms with Gasteiger partial charge in [0.15, 0.2) is 6.04 Å². The standard InChI is InChI=1S/C22H34BrN3O5/c1-21(2,3)30-19(28)17(14-25-12-11-24)26(20(29)31-22(4,5)6)18(27)16-9-7-15(13-23)8-10-16/h7-10,17,25H,11-14,24H2,1-6H3. The first-order chi connectivity index (χ1) is 14.3. The second-order valence-corrected chi connectivity index (χ2v) is 9.59. The van der Waals surface area contributed by atoms with Crippen LogP contribution in [0.2, 0.25) is 0 Å². The summed E-state index contributed by atoms with van der Waals surface area (Å²) < 4.78 is 10.9. The number of nitrogens with one attached hydrogen (secondary N) is 1. The summed E-state index contributed by atoms with van der Waals surface area (Å²) in [5.74, 6) is -1.37. The predicted molar refractivity (Wildman–Crippen MR) is 123 cm³/mol. The second-order valence-electron chi connectivity index (χ2n) is 9.03. The highest BCUT2D eigenvalue weighted by Crippen LogP contribution is 2.19. The van der Waals surface area contributed by atoms with Gasteiger partial charge < -0.3 is 20.5 Å². The number of nitrogens with two attached hydrogens (primary N) is 1. The second kappa shape index (κ2) is 11.6. The summed E-state index contributed by atoms with van der Waals surface area (Å²) in [6.45, 7) is 10.9. The van der Waals surface area contributed by atoms with E-state index in [4.69, 9.17) is 15.2 Å². The molecule has 0 aliphatic heterocycles. The van der Waals surface area contributed by atoms with Crippen LogP contribution in [0.4, 0.5) is 4.79 Å². The molecule has 0 spiro atoms. The minimum Gasteiger partial charge on any atom is -0.458 e. The molecule has 1 aromatic rings. The van der Waals surface area contributed by atoms with Crippen LogP contribution in [-0.4, -0.2) is 59.7 Å². The summed E-state index contributed by atoms with van der Waals surface area (Å²) >= 11 is 3.36. The first-order valence-corrected chi connectivity index (χ1v) is 11.3. The smallest absolute Gasteiger partial charge is 0.418 e. The van der Waals surface area contributed by atoms with Gasteiger partial charge >= 0.3 is 12.1 Å². The summed E-state index contributed by atoms with van der Waals surface area (Å²) in [5.41, 5.74) is 5.09. The van der Waals surface area contributed by atoms with Crippen molar-refractivity contribution in [2.45, 2.75) is 64.1 Å². The SMILES string of the molecule is CC(C)(C)OC(=O)C(CNCCN)N(C(=O)OC(C)(C)C)C(=O)c1ccc(CBr)cc1. The Morgan fingerprint density at radius 3 is 2.03 bits per heavy atom. The molecule has 174 valence electrons. The number of esters is 1. The minimum absolute atomic E-state index is 0.0173. The van der Waals surface area contributed by atoms with E-state index in [9.17, 15) is 14.4 Å². The molecule has 3 N–H and O–H groups in total. The first kappa shape index (κ1) is 27.1. The number of rotatable bonds is 8. The van der Waals surface area contributed by atoms with Crippen molar-refractivity contribution in [2.75, 3.05) is 19.6 Å². The lowest BCUT2D eigenvalue weighted by Gasteiger charge is -2.33. The molecule has 9 heteroatoms. The Bertz CT molecular complexity index is 754. The number of nitrogens with zero attached hydrogens (tertiary/aromatic N) is 1. The number of ether oxygens (including phenoxy) is 2. The van der Waals surface area contributed by atoms with Crippen LogP contribution in [-0.2, 0) is 19.6 Å². The maximum atomic E-state index is 13.4. The Labute approximate surface area is 192 Å². The topological polar surface area (TPSA) is 111 Å². The monoisotopic (exact) mass is 499 g/mol. The molecule has 0 saturated carbocycles. The van der Waals surface area contributed by atoms with E-state index < -0.39 is 35.2 Å². The number of hydrogen-bond acceptors (Lipinski definition) is 7. The maximum absolute atomic E-state index is 13.4. The summed E-state index contributed by atoms with van der Waals surface area (Å²) in [7, 11) is 0. The van der Waals surface area contributed by atoms with Crippen molar-refractivity contribution in [1.29, 1.82) is 0 Å². The minimum atomic E-state index is -1.23. The van der Waals surface area contributed by atoms with Gasteiger partial charge in [-0.05, 0) is 59.2 Å². The van der Waals surface area contributed by atoms with Gasteiger partial charge in [-0.1, -0.05) is 28.1 Å².